The van der Waals surface area contributed by atoms with Crippen LogP contribution in [0.4, 0.5) is 0 Å². The molecule has 1 heteroatoms. The van der Waals surface area contributed by atoms with Crippen LogP contribution in [0.2, 0.25) is 0 Å². The predicted molar refractivity (Wildman–Crippen MR) is 63.5 cm³/mol. The Morgan fingerprint density at radius 1 is 1.00 bits per heavy atom. The molecule has 0 aromatic carbocycles. The first-order chi connectivity index (χ1) is 6.93. The summed E-state index contributed by atoms with van der Waals surface area (Å²) >= 11 is 0. The minimum absolute atomic E-state index is 1.01. The van der Waals surface area contributed by atoms with Crippen LogP contribution in [-0.4, -0.2) is 13.1 Å². The van der Waals surface area contributed by atoms with Crippen molar-refractivity contribution >= 4 is 0 Å². The third kappa shape index (κ3) is 5.43. The Hall–Kier alpha value is -0.300. The molecule has 1 fully saturated rings. The molecule has 0 spiro atoms. The molecule has 0 aromatic heterocycles. The fourth-order valence-electron chi connectivity index (χ4n) is 1.98. The van der Waals surface area contributed by atoms with Gasteiger partial charge in [-0.25, -0.2) is 0 Å². The second kappa shape index (κ2) is 8.05. The van der Waals surface area contributed by atoms with Crippen LogP contribution in [0.1, 0.15) is 51.4 Å². The fraction of sp³-hybridized carbons (Fsp3) is 0.846. The summed E-state index contributed by atoms with van der Waals surface area (Å²) < 4.78 is 0. The Labute approximate surface area is 89.0 Å². The molecular formula is C13H25N. The summed E-state index contributed by atoms with van der Waals surface area (Å²) in [5, 5.41) is 3.33. The van der Waals surface area contributed by atoms with Gasteiger partial charge < -0.3 is 5.32 Å². The Morgan fingerprint density at radius 2 is 1.64 bits per heavy atom. The van der Waals surface area contributed by atoms with Gasteiger partial charge in [-0.1, -0.05) is 38.2 Å². The van der Waals surface area contributed by atoms with E-state index in [9.17, 15) is 0 Å². The highest BCUT2D eigenvalue weighted by Gasteiger charge is 2.14. The molecule has 1 heterocycles. The monoisotopic (exact) mass is 195 g/mol. The van der Waals surface area contributed by atoms with Gasteiger partial charge in [-0.3, -0.25) is 0 Å². The van der Waals surface area contributed by atoms with Crippen molar-refractivity contribution < 1.29 is 0 Å². The van der Waals surface area contributed by atoms with Gasteiger partial charge in [0, 0.05) is 0 Å². The Bertz CT molecular complexity index is 138. The summed E-state index contributed by atoms with van der Waals surface area (Å²) in [5.41, 5.74) is 0. The lowest BCUT2D eigenvalue weighted by atomic mass is 9.95. The third-order valence-electron chi connectivity index (χ3n) is 3.14. The van der Waals surface area contributed by atoms with Gasteiger partial charge in [0.25, 0.3) is 0 Å². The molecule has 0 bridgehead atoms. The molecule has 0 aliphatic carbocycles. The van der Waals surface area contributed by atoms with Crippen molar-refractivity contribution in [2.75, 3.05) is 13.1 Å². The summed E-state index contributed by atoms with van der Waals surface area (Å²) in [7, 11) is 0. The minimum atomic E-state index is 1.01. The average molecular weight is 195 g/mol. The first-order valence-electron chi connectivity index (χ1n) is 6.25. The zero-order valence-electron chi connectivity index (χ0n) is 9.43. The predicted octanol–water partition coefficient (Wildman–Crippen LogP) is 3.51. The van der Waals surface area contributed by atoms with E-state index < -0.39 is 0 Å². The fourth-order valence-corrected chi connectivity index (χ4v) is 1.98. The van der Waals surface area contributed by atoms with Gasteiger partial charge in [0.2, 0.25) is 0 Å². The zero-order valence-corrected chi connectivity index (χ0v) is 9.43. The standard InChI is InChI=1S/C13H25N/c1-2-3-4-5-6-7-8-9-10-13-11-14-12-13/h2,13-14H,1,3-12H2. The topological polar surface area (TPSA) is 12.0 Å². The zero-order chi connectivity index (χ0) is 10.1. The first-order valence-corrected chi connectivity index (χ1v) is 6.25. The largest absolute Gasteiger partial charge is 0.316 e. The average Bonchev–Trinajstić information content (AvgIpc) is 2.13. The van der Waals surface area contributed by atoms with Gasteiger partial charge in [-0.15, -0.1) is 6.58 Å². The first kappa shape index (κ1) is 11.8. The minimum Gasteiger partial charge on any atom is -0.316 e. The van der Waals surface area contributed by atoms with E-state index in [1.165, 1.54) is 64.5 Å². The highest BCUT2D eigenvalue weighted by atomic mass is 14.9. The van der Waals surface area contributed by atoms with Crippen molar-refractivity contribution in [3.63, 3.8) is 0 Å². The summed E-state index contributed by atoms with van der Waals surface area (Å²) in [6.45, 7) is 6.29. The summed E-state index contributed by atoms with van der Waals surface area (Å²) in [5.74, 6) is 1.01. The SMILES string of the molecule is C=CCCCCCCCCC1CNC1. The van der Waals surface area contributed by atoms with E-state index in [4.69, 9.17) is 0 Å². The van der Waals surface area contributed by atoms with Crippen molar-refractivity contribution in [2.24, 2.45) is 5.92 Å². The molecule has 0 saturated carbocycles. The molecule has 1 aliphatic rings. The summed E-state index contributed by atoms with van der Waals surface area (Å²) in [6.07, 6.45) is 13.2. The Morgan fingerprint density at radius 3 is 2.21 bits per heavy atom. The van der Waals surface area contributed by atoms with E-state index in [-0.39, 0.29) is 0 Å². The van der Waals surface area contributed by atoms with Gasteiger partial charge in [0.15, 0.2) is 0 Å². The van der Waals surface area contributed by atoms with Crippen molar-refractivity contribution in [3.05, 3.63) is 12.7 Å². The second-order valence-corrected chi connectivity index (χ2v) is 4.51. The number of hydrogen-bond acceptors (Lipinski definition) is 1. The summed E-state index contributed by atoms with van der Waals surface area (Å²) in [4.78, 5) is 0. The van der Waals surface area contributed by atoms with Crippen molar-refractivity contribution in [1.29, 1.82) is 0 Å². The quantitative estimate of drug-likeness (QED) is 0.438. The van der Waals surface area contributed by atoms with Crippen LogP contribution in [0.15, 0.2) is 12.7 Å². The van der Waals surface area contributed by atoms with Crippen LogP contribution in [0, 0.1) is 5.92 Å². The highest BCUT2D eigenvalue weighted by molar-refractivity contribution is 4.74. The molecule has 1 rings (SSSR count). The van der Waals surface area contributed by atoms with Gasteiger partial charge >= 0.3 is 0 Å². The van der Waals surface area contributed by atoms with Gasteiger partial charge in [-0.2, -0.15) is 0 Å². The lowest BCUT2D eigenvalue weighted by Gasteiger charge is -2.26. The molecule has 14 heavy (non-hydrogen) atoms. The molecule has 0 unspecified atom stereocenters. The lowest BCUT2D eigenvalue weighted by molar-refractivity contribution is 0.316. The number of nitrogens with one attached hydrogen (secondary N) is 1. The van der Waals surface area contributed by atoms with E-state index in [2.05, 4.69) is 11.9 Å². The van der Waals surface area contributed by atoms with E-state index in [1.54, 1.807) is 0 Å². The maximum Gasteiger partial charge on any atom is -0.000826 e. The molecule has 82 valence electrons. The van der Waals surface area contributed by atoms with Crippen molar-refractivity contribution in [2.45, 2.75) is 51.4 Å². The van der Waals surface area contributed by atoms with Crippen molar-refractivity contribution in [3.8, 4) is 0 Å². The maximum atomic E-state index is 3.74. The highest BCUT2D eigenvalue weighted by Crippen LogP contribution is 2.15. The molecule has 1 saturated heterocycles. The van der Waals surface area contributed by atoms with Crippen molar-refractivity contribution in [1.82, 2.24) is 5.32 Å². The van der Waals surface area contributed by atoms with E-state index in [1.807, 2.05) is 6.08 Å². The smallest absolute Gasteiger partial charge is 0.000826 e. The van der Waals surface area contributed by atoms with Crippen LogP contribution in [0.25, 0.3) is 0 Å². The Balaban J connectivity index is 1.69. The molecule has 1 N–H and O–H groups in total. The van der Waals surface area contributed by atoms with E-state index in [0.29, 0.717) is 0 Å². The van der Waals surface area contributed by atoms with Crippen LogP contribution in [0.5, 0.6) is 0 Å². The molecule has 1 nitrogen and oxygen atoms in total. The number of unbranched alkanes of at least 4 members (excludes halogenated alkanes) is 6. The lowest BCUT2D eigenvalue weighted by Crippen LogP contribution is -2.41. The molecule has 0 atom stereocenters. The normalized spacial score (nSPS) is 16.6. The number of hydrogen-bond donors (Lipinski definition) is 1. The van der Waals surface area contributed by atoms with E-state index in [0.717, 1.165) is 5.92 Å². The van der Waals surface area contributed by atoms with Gasteiger partial charge in [-0.05, 0) is 38.3 Å². The van der Waals surface area contributed by atoms with Gasteiger partial charge in [0.1, 0.15) is 0 Å². The van der Waals surface area contributed by atoms with Crippen LogP contribution in [-0.2, 0) is 0 Å². The summed E-state index contributed by atoms with van der Waals surface area (Å²) in [6, 6.07) is 0. The molecule has 0 aromatic rings. The molecule has 0 amide bonds. The third-order valence-corrected chi connectivity index (χ3v) is 3.14. The molecule has 1 aliphatic heterocycles. The van der Waals surface area contributed by atoms with Crippen LogP contribution >= 0.6 is 0 Å². The number of allylic oxidation sites excluding steroid dienone is 1. The maximum absolute atomic E-state index is 3.74. The van der Waals surface area contributed by atoms with Gasteiger partial charge in [0.05, 0.1) is 0 Å². The second-order valence-electron chi connectivity index (χ2n) is 4.51. The molecular weight excluding hydrogens is 170 g/mol. The van der Waals surface area contributed by atoms with Crippen LogP contribution in [0.3, 0.4) is 0 Å². The van der Waals surface area contributed by atoms with E-state index >= 15 is 0 Å². The number of rotatable bonds is 9. The molecule has 0 radical (unpaired) electrons. The van der Waals surface area contributed by atoms with Crippen LogP contribution < -0.4 is 5.32 Å². The Kier molecular flexibility index (Phi) is 6.77.